The topological polar surface area (TPSA) is 50.4 Å². The maximum atomic E-state index is 12.1. The van der Waals surface area contributed by atoms with Crippen LogP contribution in [0, 0.1) is 0 Å². The standard InChI is InChI=1S/C19H23BrN2O2/c1-14(11-19(23)22-18-9-7-17(20)8-10-18)21-12-15-5-3-4-6-16(15)13-24-2/h3-10,14,21H,11-13H2,1-2H3,(H,22,23). The largest absolute Gasteiger partial charge is 0.380 e. The Hall–Kier alpha value is -1.69. The zero-order chi connectivity index (χ0) is 17.4. The first-order valence-corrected chi connectivity index (χ1v) is 8.72. The molecule has 0 fully saturated rings. The van der Waals surface area contributed by atoms with Crippen molar-refractivity contribution in [1.29, 1.82) is 0 Å². The van der Waals surface area contributed by atoms with Gasteiger partial charge in [0.25, 0.3) is 0 Å². The Morgan fingerprint density at radius 1 is 1.12 bits per heavy atom. The minimum atomic E-state index is 0.00231. The van der Waals surface area contributed by atoms with E-state index in [1.807, 2.05) is 43.3 Å². The Balaban J connectivity index is 1.81. The van der Waals surface area contributed by atoms with Crippen molar-refractivity contribution in [2.75, 3.05) is 12.4 Å². The fourth-order valence-corrected chi connectivity index (χ4v) is 2.67. The molecule has 1 unspecified atom stereocenters. The molecule has 0 aliphatic heterocycles. The third-order valence-corrected chi connectivity index (χ3v) is 4.21. The summed E-state index contributed by atoms with van der Waals surface area (Å²) < 4.78 is 6.21. The molecule has 1 amide bonds. The van der Waals surface area contributed by atoms with Gasteiger partial charge in [-0.05, 0) is 42.3 Å². The average Bonchev–Trinajstić information content (AvgIpc) is 2.56. The number of halogens is 1. The van der Waals surface area contributed by atoms with Gasteiger partial charge in [0, 0.05) is 36.3 Å². The van der Waals surface area contributed by atoms with Gasteiger partial charge < -0.3 is 15.4 Å². The van der Waals surface area contributed by atoms with Crippen LogP contribution >= 0.6 is 15.9 Å². The summed E-state index contributed by atoms with van der Waals surface area (Å²) in [7, 11) is 1.69. The van der Waals surface area contributed by atoms with Crippen LogP contribution in [0.2, 0.25) is 0 Å². The molecular formula is C19H23BrN2O2. The van der Waals surface area contributed by atoms with E-state index in [0.29, 0.717) is 19.6 Å². The minimum Gasteiger partial charge on any atom is -0.380 e. The second-order valence-corrected chi connectivity index (χ2v) is 6.66. The Morgan fingerprint density at radius 3 is 2.46 bits per heavy atom. The lowest BCUT2D eigenvalue weighted by Gasteiger charge is -2.15. The van der Waals surface area contributed by atoms with E-state index in [0.717, 1.165) is 10.2 Å². The molecule has 0 saturated heterocycles. The Labute approximate surface area is 151 Å². The van der Waals surface area contributed by atoms with E-state index >= 15 is 0 Å². The van der Waals surface area contributed by atoms with Crippen LogP contribution in [0.1, 0.15) is 24.5 Å². The summed E-state index contributed by atoms with van der Waals surface area (Å²) in [4.78, 5) is 12.1. The summed E-state index contributed by atoms with van der Waals surface area (Å²) >= 11 is 3.38. The van der Waals surface area contributed by atoms with E-state index in [1.165, 1.54) is 11.1 Å². The van der Waals surface area contributed by atoms with Crippen molar-refractivity contribution < 1.29 is 9.53 Å². The van der Waals surface area contributed by atoms with Gasteiger partial charge in [-0.3, -0.25) is 4.79 Å². The molecule has 5 heteroatoms. The van der Waals surface area contributed by atoms with Crippen molar-refractivity contribution in [2.45, 2.75) is 32.5 Å². The lowest BCUT2D eigenvalue weighted by molar-refractivity contribution is -0.116. The molecule has 0 aromatic heterocycles. The number of methoxy groups -OCH3 is 1. The molecular weight excluding hydrogens is 368 g/mol. The highest BCUT2D eigenvalue weighted by Crippen LogP contribution is 2.14. The van der Waals surface area contributed by atoms with E-state index in [4.69, 9.17) is 4.74 Å². The van der Waals surface area contributed by atoms with Gasteiger partial charge in [0.1, 0.15) is 0 Å². The first-order valence-electron chi connectivity index (χ1n) is 7.93. The second kappa shape index (κ2) is 9.57. The monoisotopic (exact) mass is 390 g/mol. The van der Waals surface area contributed by atoms with Crippen LogP contribution in [-0.4, -0.2) is 19.1 Å². The number of nitrogens with one attached hydrogen (secondary N) is 2. The molecule has 2 aromatic rings. The predicted molar refractivity (Wildman–Crippen MR) is 101 cm³/mol. The van der Waals surface area contributed by atoms with E-state index in [-0.39, 0.29) is 11.9 Å². The van der Waals surface area contributed by atoms with Crippen molar-refractivity contribution in [1.82, 2.24) is 5.32 Å². The molecule has 0 bridgehead atoms. The van der Waals surface area contributed by atoms with Crippen LogP contribution in [0.4, 0.5) is 5.69 Å². The number of ether oxygens (including phenoxy) is 1. The van der Waals surface area contributed by atoms with Gasteiger partial charge >= 0.3 is 0 Å². The van der Waals surface area contributed by atoms with E-state index in [1.54, 1.807) is 7.11 Å². The highest BCUT2D eigenvalue weighted by molar-refractivity contribution is 9.10. The number of amides is 1. The molecule has 24 heavy (non-hydrogen) atoms. The van der Waals surface area contributed by atoms with E-state index in [2.05, 4.69) is 38.7 Å². The zero-order valence-electron chi connectivity index (χ0n) is 14.0. The molecule has 1 atom stereocenters. The summed E-state index contributed by atoms with van der Waals surface area (Å²) in [6.07, 6.45) is 0.419. The fourth-order valence-electron chi connectivity index (χ4n) is 2.41. The molecule has 4 nitrogen and oxygen atoms in total. The summed E-state index contributed by atoms with van der Waals surface area (Å²) in [5, 5.41) is 6.31. The average molecular weight is 391 g/mol. The van der Waals surface area contributed by atoms with Crippen molar-refractivity contribution in [3.63, 3.8) is 0 Å². The number of benzene rings is 2. The normalized spacial score (nSPS) is 12.0. The number of hydrogen-bond donors (Lipinski definition) is 2. The number of hydrogen-bond acceptors (Lipinski definition) is 3. The van der Waals surface area contributed by atoms with E-state index < -0.39 is 0 Å². The van der Waals surface area contributed by atoms with Gasteiger partial charge in [-0.2, -0.15) is 0 Å². The summed E-state index contributed by atoms with van der Waals surface area (Å²) in [5.74, 6) is 0.00231. The third-order valence-electron chi connectivity index (χ3n) is 3.68. The van der Waals surface area contributed by atoms with Gasteiger partial charge in [-0.25, -0.2) is 0 Å². The molecule has 0 saturated carbocycles. The lowest BCUT2D eigenvalue weighted by Crippen LogP contribution is -2.30. The molecule has 2 N–H and O–H groups in total. The number of rotatable bonds is 8. The van der Waals surface area contributed by atoms with Crippen molar-refractivity contribution in [3.8, 4) is 0 Å². The Morgan fingerprint density at radius 2 is 1.79 bits per heavy atom. The zero-order valence-corrected chi connectivity index (χ0v) is 15.6. The summed E-state index contributed by atoms with van der Waals surface area (Å²) in [6.45, 7) is 3.32. The van der Waals surface area contributed by atoms with Crippen LogP contribution in [0.5, 0.6) is 0 Å². The second-order valence-electron chi connectivity index (χ2n) is 5.74. The van der Waals surface area contributed by atoms with E-state index in [9.17, 15) is 4.79 Å². The molecule has 0 radical (unpaired) electrons. The molecule has 128 valence electrons. The number of carbonyl (C=O) groups excluding carboxylic acids is 1. The van der Waals surface area contributed by atoms with Crippen LogP contribution in [0.25, 0.3) is 0 Å². The highest BCUT2D eigenvalue weighted by atomic mass is 79.9. The van der Waals surface area contributed by atoms with Crippen molar-refractivity contribution in [3.05, 3.63) is 64.1 Å². The quantitative estimate of drug-likeness (QED) is 0.712. The van der Waals surface area contributed by atoms with Crippen LogP contribution < -0.4 is 10.6 Å². The number of carbonyl (C=O) groups is 1. The molecule has 0 aliphatic carbocycles. The fraction of sp³-hybridized carbons (Fsp3) is 0.316. The maximum Gasteiger partial charge on any atom is 0.225 e. The Kier molecular flexibility index (Phi) is 7.43. The SMILES string of the molecule is COCc1ccccc1CNC(C)CC(=O)Nc1ccc(Br)cc1. The van der Waals surface area contributed by atoms with Gasteiger partial charge in [0.2, 0.25) is 5.91 Å². The van der Waals surface area contributed by atoms with Crippen LogP contribution in [-0.2, 0) is 22.7 Å². The first kappa shape index (κ1) is 18.6. The van der Waals surface area contributed by atoms with Gasteiger partial charge in [0.15, 0.2) is 0 Å². The Bertz CT molecular complexity index is 659. The smallest absolute Gasteiger partial charge is 0.225 e. The molecule has 0 spiro atoms. The van der Waals surface area contributed by atoms with Gasteiger partial charge in [0.05, 0.1) is 6.61 Å². The van der Waals surface area contributed by atoms with Crippen molar-refractivity contribution in [2.24, 2.45) is 0 Å². The predicted octanol–water partition coefficient (Wildman–Crippen LogP) is 4.10. The molecule has 2 rings (SSSR count). The minimum absolute atomic E-state index is 0.00231. The van der Waals surface area contributed by atoms with Crippen LogP contribution in [0.3, 0.4) is 0 Å². The summed E-state index contributed by atoms with van der Waals surface area (Å²) in [5.41, 5.74) is 3.17. The van der Waals surface area contributed by atoms with Gasteiger partial charge in [-0.1, -0.05) is 40.2 Å². The van der Waals surface area contributed by atoms with Crippen molar-refractivity contribution >= 4 is 27.5 Å². The maximum absolute atomic E-state index is 12.1. The highest BCUT2D eigenvalue weighted by Gasteiger charge is 2.10. The molecule has 0 heterocycles. The molecule has 0 aliphatic rings. The summed E-state index contributed by atoms with van der Waals surface area (Å²) in [6, 6.07) is 15.8. The van der Waals surface area contributed by atoms with Gasteiger partial charge in [-0.15, -0.1) is 0 Å². The van der Waals surface area contributed by atoms with Crippen LogP contribution in [0.15, 0.2) is 53.0 Å². The number of anilines is 1. The third kappa shape index (κ3) is 6.07. The first-order chi connectivity index (χ1) is 11.6. The lowest BCUT2D eigenvalue weighted by atomic mass is 10.1. The molecule has 2 aromatic carbocycles.